The van der Waals surface area contributed by atoms with E-state index in [2.05, 4.69) is 0 Å². The van der Waals surface area contributed by atoms with E-state index in [1.165, 1.54) is 7.11 Å². The van der Waals surface area contributed by atoms with Gasteiger partial charge in [0.15, 0.2) is 5.78 Å². The third-order valence-electron chi connectivity index (χ3n) is 5.85. The second-order valence-electron chi connectivity index (χ2n) is 7.28. The monoisotopic (exact) mass is 394 g/mol. The lowest BCUT2D eigenvalue weighted by atomic mass is 9.55. The van der Waals surface area contributed by atoms with Crippen LogP contribution in [-0.2, 0) is 16.0 Å². The molecular weight excluding hydrogens is 372 g/mol. The minimum Gasteiger partial charge on any atom is -0.497 e. The minimum atomic E-state index is -0.818. The molecule has 1 saturated carbocycles. The third kappa shape index (κ3) is 3.00. The van der Waals surface area contributed by atoms with Crippen LogP contribution in [0.2, 0.25) is 0 Å². The van der Waals surface area contributed by atoms with Crippen molar-refractivity contribution in [3.05, 3.63) is 65.0 Å². The van der Waals surface area contributed by atoms with Crippen LogP contribution < -0.4 is 4.74 Å². The van der Waals surface area contributed by atoms with E-state index in [1.54, 1.807) is 18.4 Å². The molecule has 1 aliphatic carbocycles. The molecule has 0 radical (unpaired) electrons. The summed E-state index contributed by atoms with van der Waals surface area (Å²) in [5, 5.41) is 2.88. The Hall–Kier alpha value is -2.66. The lowest BCUT2D eigenvalue weighted by Gasteiger charge is -2.46. The number of thiophene rings is 1. The van der Waals surface area contributed by atoms with Gasteiger partial charge in [-0.1, -0.05) is 30.3 Å². The lowest BCUT2D eigenvalue weighted by molar-refractivity contribution is -0.162. The van der Waals surface area contributed by atoms with Gasteiger partial charge >= 0.3 is 5.97 Å². The summed E-state index contributed by atoms with van der Waals surface area (Å²) in [5.41, 5.74) is 0.864. The van der Waals surface area contributed by atoms with Crippen molar-refractivity contribution in [1.29, 1.82) is 0 Å². The van der Waals surface area contributed by atoms with Crippen LogP contribution in [0.15, 0.2) is 53.9 Å². The molecule has 5 heteroatoms. The van der Waals surface area contributed by atoms with E-state index in [1.807, 2.05) is 53.9 Å². The van der Waals surface area contributed by atoms with Gasteiger partial charge in [-0.25, -0.2) is 0 Å². The number of esters is 1. The molecule has 0 aliphatic heterocycles. The van der Waals surface area contributed by atoms with E-state index < -0.39 is 5.41 Å². The van der Waals surface area contributed by atoms with Crippen LogP contribution >= 0.6 is 11.3 Å². The molecule has 2 atom stereocenters. The van der Waals surface area contributed by atoms with Crippen molar-refractivity contribution in [3.63, 3.8) is 0 Å². The Labute approximate surface area is 168 Å². The molecule has 0 spiro atoms. The smallest absolute Gasteiger partial charge is 0.312 e. The highest BCUT2D eigenvalue weighted by molar-refractivity contribution is 7.17. The zero-order chi connectivity index (χ0) is 19.7. The van der Waals surface area contributed by atoms with Gasteiger partial charge in [0.05, 0.1) is 19.6 Å². The number of ether oxygens (including phenoxy) is 2. The van der Waals surface area contributed by atoms with Crippen molar-refractivity contribution < 1.29 is 19.1 Å². The predicted molar refractivity (Wildman–Crippen MR) is 110 cm³/mol. The fourth-order valence-corrected chi connectivity index (χ4v) is 5.20. The van der Waals surface area contributed by atoms with Crippen LogP contribution in [-0.4, -0.2) is 26.0 Å². The Balaban J connectivity index is 1.69. The number of methoxy groups -OCH3 is 2. The summed E-state index contributed by atoms with van der Waals surface area (Å²) in [4.78, 5) is 26.2. The molecule has 4 rings (SSSR count). The number of rotatable bonds is 6. The van der Waals surface area contributed by atoms with Gasteiger partial charge in [-0.05, 0) is 43.0 Å². The first-order chi connectivity index (χ1) is 13.6. The molecule has 4 nitrogen and oxygen atoms in total. The van der Waals surface area contributed by atoms with E-state index in [9.17, 15) is 9.59 Å². The average molecular weight is 394 g/mol. The molecule has 0 saturated heterocycles. The highest BCUT2D eigenvalue weighted by Crippen LogP contribution is 2.52. The molecule has 2 aromatic carbocycles. The molecule has 1 fully saturated rings. The first-order valence-electron chi connectivity index (χ1n) is 9.31. The van der Waals surface area contributed by atoms with Gasteiger partial charge in [-0.15, -0.1) is 11.3 Å². The fourth-order valence-electron chi connectivity index (χ4n) is 4.25. The number of benzene rings is 2. The highest BCUT2D eigenvalue weighted by atomic mass is 32.1. The van der Waals surface area contributed by atoms with Gasteiger partial charge in [-0.2, -0.15) is 0 Å². The van der Waals surface area contributed by atoms with Crippen LogP contribution in [0.4, 0.5) is 0 Å². The normalized spacial score (nSPS) is 21.1. The summed E-state index contributed by atoms with van der Waals surface area (Å²) < 4.78 is 11.5. The van der Waals surface area contributed by atoms with Crippen LogP contribution in [0.1, 0.15) is 28.8 Å². The summed E-state index contributed by atoms with van der Waals surface area (Å²) in [6.07, 6.45) is 1.81. The Bertz CT molecular complexity index is 1040. The number of fused-ring (bicyclic) bond motifs is 1. The fraction of sp³-hybridized carbons (Fsp3) is 0.304. The number of carbonyl (C=O) groups excluding carboxylic acids is 2. The van der Waals surface area contributed by atoms with E-state index in [0.29, 0.717) is 24.8 Å². The molecule has 0 amide bonds. The summed E-state index contributed by atoms with van der Waals surface area (Å²) in [5.74, 6) is 0.101. The molecule has 3 aromatic rings. The summed E-state index contributed by atoms with van der Waals surface area (Å²) in [6.45, 7) is 0. The van der Waals surface area contributed by atoms with E-state index in [-0.39, 0.29) is 17.7 Å². The third-order valence-corrected chi connectivity index (χ3v) is 6.82. The lowest BCUT2D eigenvalue weighted by Crippen LogP contribution is -2.52. The van der Waals surface area contributed by atoms with Crippen molar-refractivity contribution in [3.8, 4) is 5.75 Å². The molecule has 2 unspecified atom stereocenters. The van der Waals surface area contributed by atoms with Crippen molar-refractivity contribution in [1.82, 2.24) is 0 Å². The zero-order valence-electron chi connectivity index (χ0n) is 15.9. The molecule has 1 heterocycles. The van der Waals surface area contributed by atoms with Gasteiger partial charge in [0, 0.05) is 26.9 Å². The van der Waals surface area contributed by atoms with Gasteiger partial charge in [-0.3, -0.25) is 9.59 Å². The minimum absolute atomic E-state index is 0.0389. The number of Topliss-reactive ketones (excluding diaryl/α,β-unsaturated/α-hetero) is 1. The first kappa shape index (κ1) is 18.7. The highest BCUT2D eigenvalue weighted by Gasteiger charge is 2.56. The second kappa shape index (κ2) is 7.40. The molecule has 1 aromatic heterocycles. The van der Waals surface area contributed by atoms with Crippen molar-refractivity contribution >= 4 is 33.2 Å². The number of hydrogen-bond donors (Lipinski definition) is 0. The standard InChI is InChI=1S/C23H22O4S/c1-26-16-7-5-6-15(12-16)13-23(22(25)27-2)11-10-19(23)21(24)18-14-28-20-9-4-3-8-17(18)20/h3-9,12,14,19H,10-11,13H2,1-2H3. The van der Waals surface area contributed by atoms with Crippen LogP contribution in [0.3, 0.4) is 0 Å². The Morgan fingerprint density at radius 3 is 2.68 bits per heavy atom. The SMILES string of the molecule is COC(=O)C1(Cc2cccc(OC)c2)CCC1C(=O)c1csc2ccccc12. The summed E-state index contributed by atoms with van der Waals surface area (Å²) >= 11 is 1.56. The Kier molecular flexibility index (Phi) is 4.94. The summed E-state index contributed by atoms with van der Waals surface area (Å²) in [6, 6.07) is 15.6. The van der Waals surface area contributed by atoms with Gasteiger partial charge in [0.25, 0.3) is 0 Å². The molecule has 0 bridgehead atoms. The predicted octanol–water partition coefficient (Wildman–Crippen LogP) is 4.90. The van der Waals surface area contributed by atoms with Crippen LogP contribution in [0.5, 0.6) is 5.75 Å². The van der Waals surface area contributed by atoms with Crippen molar-refractivity contribution in [2.75, 3.05) is 14.2 Å². The largest absolute Gasteiger partial charge is 0.497 e. The zero-order valence-corrected chi connectivity index (χ0v) is 16.8. The molecular formula is C23H22O4S. The van der Waals surface area contributed by atoms with Gasteiger partial charge in [0.2, 0.25) is 0 Å². The van der Waals surface area contributed by atoms with Crippen molar-refractivity contribution in [2.24, 2.45) is 11.3 Å². The topological polar surface area (TPSA) is 52.6 Å². The summed E-state index contributed by atoms with van der Waals surface area (Å²) in [7, 11) is 3.02. The molecule has 1 aliphatic rings. The Morgan fingerprint density at radius 2 is 1.96 bits per heavy atom. The first-order valence-corrected chi connectivity index (χ1v) is 10.2. The van der Waals surface area contributed by atoms with Gasteiger partial charge < -0.3 is 9.47 Å². The number of carbonyl (C=O) groups is 2. The molecule has 0 N–H and O–H groups in total. The maximum Gasteiger partial charge on any atom is 0.312 e. The Morgan fingerprint density at radius 1 is 1.14 bits per heavy atom. The maximum absolute atomic E-state index is 13.4. The van der Waals surface area contributed by atoms with E-state index in [4.69, 9.17) is 9.47 Å². The van der Waals surface area contributed by atoms with Crippen LogP contribution in [0, 0.1) is 11.3 Å². The van der Waals surface area contributed by atoms with Crippen molar-refractivity contribution in [2.45, 2.75) is 19.3 Å². The van der Waals surface area contributed by atoms with E-state index in [0.717, 1.165) is 21.4 Å². The van der Waals surface area contributed by atoms with Gasteiger partial charge in [0.1, 0.15) is 5.75 Å². The molecule has 144 valence electrons. The number of ketones is 1. The molecule has 28 heavy (non-hydrogen) atoms. The van der Waals surface area contributed by atoms with E-state index >= 15 is 0 Å². The second-order valence-corrected chi connectivity index (χ2v) is 8.19. The average Bonchev–Trinajstić information content (AvgIpc) is 3.15. The number of hydrogen-bond acceptors (Lipinski definition) is 5. The quantitative estimate of drug-likeness (QED) is 0.441. The maximum atomic E-state index is 13.4. The van der Waals surface area contributed by atoms with Crippen LogP contribution in [0.25, 0.3) is 10.1 Å².